The van der Waals surface area contributed by atoms with Crippen LogP contribution in [-0.4, -0.2) is 35.5 Å². The van der Waals surface area contributed by atoms with E-state index in [0.717, 1.165) is 29.5 Å². The Morgan fingerprint density at radius 1 is 1.19 bits per heavy atom. The van der Waals surface area contributed by atoms with Gasteiger partial charge >= 0.3 is 0 Å². The van der Waals surface area contributed by atoms with Gasteiger partial charge in [-0.05, 0) is 49.9 Å². The number of benzene rings is 1. The second-order valence-corrected chi connectivity index (χ2v) is 8.01. The second-order valence-electron chi connectivity index (χ2n) is 6.50. The van der Waals surface area contributed by atoms with E-state index >= 15 is 0 Å². The highest BCUT2D eigenvalue weighted by atomic mass is 127. The molecule has 0 saturated heterocycles. The van der Waals surface area contributed by atoms with Crippen LogP contribution in [0.5, 0.6) is 5.75 Å². The minimum absolute atomic E-state index is 0. The van der Waals surface area contributed by atoms with Crippen molar-refractivity contribution in [3.8, 4) is 5.75 Å². The zero-order valence-electron chi connectivity index (χ0n) is 16.4. The molecular weight excluding hydrogens is 471 g/mol. The lowest BCUT2D eigenvalue weighted by molar-refractivity contribution is 0.301. The number of aromatic nitrogens is 1. The van der Waals surface area contributed by atoms with Crippen LogP contribution < -0.4 is 15.4 Å². The zero-order chi connectivity index (χ0) is 18.8. The molecule has 0 spiro atoms. The van der Waals surface area contributed by atoms with Crippen LogP contribution in [0.25, 0.3) is 0 Å². The maximum absolute atomic E-state index is 5.83. The molecule has 0 saturated carbocycles. The minimum atomic E-state index is 0. The van der Waals surface area contributed by atoms with E-state index in [2.05, 4.69) is 46.8 Å². The summed E-state index contributed by atoms with van der Waals surface area (Å²) in [5.41, 5.74) is 2.05. The third-order valence-electron chi connectivity index (χ3n) is 3.93. The van der Waals surface area contributed by atoms with Gasteiger partial charge in [-0.1, -0.05) is 18.2 Å². The van der Waals surface area contributed by atoms with Crippen molar-refractivity contribution in [3.05, 3.63) is 59.9 Å². The third kappa shape index (κ3) is 8.83. The second kappa shape index (κ2) is 12.1. The van der Waals surface area contributed by atoms with Crippen molar-refractivity contribution in [3.63, 3.8) is 0 Å². The number of nitrogens with one attached hydrogen (secondary N) is 2. The molecule has 27 heavy (non-hydrogen) atoms. The van der Waals surface area contributed by atoms with Crippen molar-refractivity contribution >= 4 is 41.7 Å². The van der Waals surface area contributed by atoms with Gasteiger partial charge in [0.1, 0.15) is 12.4 Å². The quantitative estimate of drug-likeness (QED) is 0.325. The van der Waals surface area contributed by atoms with Crippen molar-refractivity contribution in [2.24, 2.45) is 4.99 Å². The molecule has 0 bridgehead atoms. The van der Waals surface area contributed by atoms with Crippen molar-refractivity contribution in [1.82, 2.24) is 15.6 Å². The number of aliphatic imine (C=N–C) groups is 1. The van der Waals surface area contributed by atoms with Crippen molar-refractivity contribution in [2.45, 2.75) is 31.7 Å². The molecule has 0 unspecified atom stereocenters. The fourth-order valence-corrected chi connectivity index (χ4v) is 2.38. The summed E-state index contributed by atoms with van der Waals surface area (Å²) in [6.07, 6.45) is 3.89. The van der Waals surface area contributed by atoms with Crippen LogP contribution in [0.4, 0.5) is 0 Å². The third-order valence-corrected chi connectivity index (χ3v) is 5.18. The summed E-state index contributed by atoms with van der Waals surface area (Å²) in [7, 11) is 1.79. The number of ether oxygens (including phenoxy) is 1. The molecule has 5 nitrogen and oxygen atoms in total. The molecule has 2 N–H and O–H groups in total. The van der Waals surface area contributed by atoms with Crippen LogP contribution in [0.1, 0.15) is 25.1 Å². The molecule has 0 atom stereocenters. The van der Waals surface area contributed by atoms with Gasteiger partial charge in [-0.25, -0.2) is 0 Å². The van der Waals surface area contributed by atoms with E-state index in [1.807, 2.05) is 48.2 Å². The molecule has 0 aliphatic carbocycles. The molecule has 0 aliphatic rings. The molecule has 1 heterocycles. The lowest BCUT2D eigenvalue weighted by atomic mass is 10.2. The number of rotatable bonds is 8. The first-order valence-electron chi connectivity index (χ1n) is 8.64. The Morgan fingerprint density at radius 3 is 2.67 bits per heavy atom. The lowest BCUT2D eigenvalue weighted by Gasteiger charge is -2.23. The number of thioether (sulfide) groups is 1. The van der Waals surface area contributed by atoms with Crippen LogP contribution in [0.2, 0.25) is 0 Å². The predicted molar refractivity (Wildman–Crippen MR) is 126 cm³/mol. The average molecular weight is 500 g/mol. The van der Waals surface area contributed by atoms with E-state index in [0.29, 0.717) is 13.2 Å². The molecule has 2 rings (SSSR count). The molecule has 1 aromatic heterocycles. The standard InChI is InChI=1S/C20H28N4OS.HI/c1-20(2,26-4)15-24-19(21-3)23-13-16-8-7-10-18(12-16)25-14-17-9-5-6-11-22-17;/h5-12H,13-15H2,1-4H3,(H2,21,23,24);1H. The van der Waals surface area contributed by atoms with Crippen LogP contribution in [0, 0.1) is 0 Å². The van der Waals surface area contributed by atoms with E-state index < -0.39 is 0 Å². The number of hydrogen-bond acceptors (Lipinski definition) is 4. The highest BCUT2D eigenvalue weighted by Crippen LogP contribution is 2.19. The average Bonchev–Trinajstić information content (AvgIpc) is 2.67. The first-order valence-corrected chi connectivity index (χ1v) is 9.86. The van der Waals surface area contributed by atoms with Crippen LogP contribution in [-0.2, 0) is 13.2 Å². The Kier molecular flexibility index (Phi) is 10.5. The summed E-state index contributed by atoms with van der Waals surface area (Å²) in [5, 5.41) is 6.72. The normalized spacial score (nSPS) is 11.5. The zero-order valence-corrected chi connectivity index (χ0v) is 19.5. The summed E-state index contributed by atoms with van der Waals surface area (Å²) in [6.45, 7) is 6.41. The number of halogens is 1. The van der Waals surface area contributed by atoms with Crippen molar-refractivity contribution in [2.75, 3.05) is 19.8 Å². The fourth-order valence-electron chi connectivity index (χ4n) is 2.16. The minimum Gasteiger partial charge on any atom is -0.487 e. The predicted octanol–water partition coefficient (Wildman–Crippen LogP) is 4.09. The summed E-state index contributed by atoms with van der Waals surface area (Å²) in [6, 6.07) is 13.9. The Labute approximate surface area is 183 Å². The maximum Gasteiger partial charge on any atom is 0.191 e. The van der Waals surface area contributed by atoms with Gasteiger partial charge in [0.05, 0.1) is 5.69 Å². The van der Waals surface area contributed by atoms with Gasteiger partial charge in [0.15, 0.2) is 5.96 Å². The molecular formula is C20H29IN4OS. The Balaban J connectivity index is 0.00000364. The summed E-state index contributed by atoms with van der Waals surface area (Å²) < 4.78 is 6.00. The van der Waals surface area contributed by atoms with Gasteiger partial charge in [-0.2, -0.15) is 11.8 Å². The highest BCUT2D eigenvalue weighted by Gasteiger charge is 2.16. The first kappa shape index (κ1) is 23.6. The Morgan fingerprint density at radius 2 is 2.00 bits per heavy atom. The van der Waals surface area contributed by atoms with E-state index in [-0.39, 0.29) is 28.7 Å². The number of pyridine rings is 1. The van der Waals surface area contributed by atoms with E-state index in [9.17, 15) is 0 Å². The Bertz CT molecular complexity index is 710. The SMILES string of the molecule is CN=C(NCc1cccc(OCc2ccccn2)c1)NCC(C)(C)SC.I. The van der Waals surface area contributed by atoms with Gasteiger partial charge in [0.25, 0.3) is 0 Å². The number of guanidine groups is 1. The topological polar surface area (TPSA) is 58.5 Å². The molecule has 1 aromatic carbocycles. The first-order chi connectivity index (χ1) is 12.5. The lowest BCUT2D eigenvalue weighted by Crippen LogP contribution is -2.42. The molecule has 2 aromatic rings. The van der Waals surface area contributed by atoms with E-state index in [4.69, 9.17) is 4.74 Å². The van der Waals surface area contributed by atoms with Gasteiger partial charge in [-0.3, -0.25) is 9.98 Å². The highest BCUT2D eigenvalue weighted by molar-refractivity contribution is 14.0. The van der Waals surface area contributed by atoms with Crippen LogP contribution in [0.15, 0.2) is 53.7 Å². The fraction of sp³-hybridized carbons (Fsp3) is 0.400. The molecule has 0 fully saturated rings. The van der Waals surface area contributed by atoms with Crippen molar-refractivity contribution in [1.29, 1.82) is 0 Å². The van der Waals surface area contributed by atoms with Gasteiger partial charge in [0, 0.05) is 31.1 Å². The van der Waals surface area contributed by atoms with Gasteiger partial charge in [0.2, 0.25) is 0 Å². The number of nitrogens with zero attached hydrogens (tertiary/aromatic N) is 2. The largest absolute Gasteiger partial charge is 0.487 e. The summed E-state index contributed by atoms with van der Waals surface area (Å²) in [5.74, 6) is 1.63. The summed E-state index contributed by atoms with van der Waals surface area (Å²) >= 11 is 1.83. The molecule has 0 amide bonds. The van der Waals surface area contributed by atoms with Crippen LogP contribution in [0.3, 0.4) is 0 Å². The maximum atomic E-state index is 5.83. The molecule has 7 heteroatoms. The van der Waals surface area contributed by atoms with Gasteiger partial charge < -0.3 is 15.4 Å². The monoisotopic (exact) mass is 500 g/mol. The van der Waals surface area contributed by atoms with Gasteiger partial charge in [-0.15, -0.1) is 24.0 Å². The smallest absolute Gasteiger partial charge is 0.191 e. The Hall–Kier alpha value is -1.48. The van der Waals surface area contributed by atoms with Crippen molar-refractivity contribution < 1.29 is 4.74 Å². The molecule has 0 radical (unpaired) electrons. The summed E-state index contributed by atoms with van der Waals surface area (Å²) in [4.78, 5) is 8.56. The molecule has 148 valence electrons. The van der Waals surface area contributed by atoms with Crippen LogP contribution >= 0.6 is 35.7 Å². The van der Waals surface area contributed by atoms with E-state index in [1.54, 1.807) is 13.2 Å². The van der Waals surface area contributed by atoms with E-state index in [1.165, 1.54) is 0 Å². The molecule has 0 aliphatic heterocycles. The number of hydrogen-bond donors (Lipinski definition) is 2.